The zero-order valence-electron chi connectivity index (χ0n) is 23.8. The summed E-state index contributed by atoms with van der Waals surface area (Å²) in [5, 5.41) is 27.3. The lowest BCUT2D eigenvalue weighted by Gasteiger charge is -2.44. The SMILES string of the molecule is CC(C)COC(=O)NC1C(F)=C(N)N(CC(C)OC[C@](CC(F)(F)F)(C(F)(F)F)P(=O)(O)O)C(=O)N1C1O[C@H](CO)[C@@H](O)[C@H]1O. The van der Waals surface area contributed by atoms with E-state index in [1.165, 1.54) is 0 Å². The van der Waals surface area contributed by atoms with Crippen LogP contribution in [-0.4, -0.2) is 128 Å². The summed E-state index contributed by atoms with van der Waals surface area (Å²) >= 11 is 0. The molecule has 0 radical (unpaired) electrons. The molecule has 7 atom stereocenters. The zero-order chi connectivity index (χ0) is 34.9. The van der Waals surface area contributed by atoms with Gasteiger partial charge in [0, 0.05) is 0 Å². The largest absolute Gasteiger partial charge is 0.449 e. The van der Waals surface area contributed by atoms with Gasteiger partial charge in [-0.1, -0.05) is 13.8 Å². The lowest BCUT2D eigenvalue weighted by molar-refractivity contribution is -0.223. The molecule has 2 aliphatic rings. The normalized spacial score (nSPS) is 27.2. The summed E-state index contributed by atoms with van der Waals surface area (Å²) in [7, 11) is -6.63. The Balaban J connectivity index is 2.44. The summed E-state index contributed by atoms with van der Waals surface area (Å²) in [4.78, 5) is 45.1. The number of nitrogens with two attached hydrogens (primary N) is 1. The highest BCUT2D eigenvalue weighted by Crippen LogP contribution is 2.62. The molecule has 0 saturated carbocycles. The van der Waals surface area contributed by atoms with Gasteiger partial charge in [0.15, 0.2) is 23.4 Å². The number of nitrogens with zero attached hydrogens (tertiary/aromatic N) is 2. The van der Waals surface area contributed by atoms with Crippen molar-refractivity contribution in [2.75, 3.05) is 26.4 Å². The van der Waals surface area contributed by atoms with E-state index < -0.39 is 112 Å². The number of ether oxygens (including phenoxy) is 3. The van der Waals surface area contributed by atoms with Crippen LogP contribution in [0.1, 0.15) is 27.2 Å². The Morgan fingerprint density at radius 2 is 1.71 bits per heavy atom. The second kappa shape index (κ2) is 14.1. The van der Waals surface area contributed by atoms with Gasteiger partial charge < -0.3 is 45.1 Å². The van der Waals surface area contributed by atoms with E-state index in [0.29, 0.717) is 4.90 Å². The van der Waals surface area contributed by atoms with Gasteiger partial charge in [-0.3, -0.25) is 19.7 Å². The Hall–Kier alpha value is -2.46. The molecule has 2 rings (SSSR count). The van der Waals surface area contributed by atoms with E-state index in [1.807, 2.05) is 5.32 Å². The number of amides is 3. The van der Waals surface area contributed by atoms with Crippen molar-refractivity contribution in [3.05, 3.63) is 11.6 Å². The molecule has 8 N–H and O–H groups in total. The number of hydrogen-bond acceptors (Lipinski definition) is 10. The Labute approximate surface area is 250 Å². The van der Waals surface area contributed by atoms with Gasteiger partial charge in [0.1, 0.15) is 24.1 Å². The van der Waals surface area contributed by atoms with Gasteiger partial charge in [-0.2, -0.15) is 26.3 Å². The van der Waals surface area contributed by atoms with Crippen LogP contribution in [0.5, 0.6) is 0 Å². The average Bonchev–Trinajstić information content (AvgIpc) is 3.17. The van der Waals surface area contributed by atoms with Gasteiger partial charge in [0.25, 0.3) is 0 Å². The Kier molecular flexibility index (Phi) is 12.1. The lowest BCUT2D eigenvalue weighted by Crippen LogP contribution is -2.65. The molecular formula is C22H34F7N4O11P. The van der Waals surface area contributed by atoms with E-state index in [4.69, 9.17) is 19.9 Å². The van der Waals surface area contributed by atoms with Crippen LogP contribution >= 0.6 is 7.60 Å². The number of hydrogen-bond donors (Lipinski definition) is 7. The van der Waals surface area contributed by atoms with Crippen molar-refractivity contribution in [3.8, 4) is 0 Å². The fourth-order valence-electron chi connectivity index (χ4n) is 4.32. The third-order valence-corrected chi connectivity index (χ3v) is 8.38. The predicted octanol–water partition coefficient (Wildman–Crippen LogP) is 0.805. The van der Waals surface area contributed by atoms with Crippen LogP contribution in [0.4, 0.5) is 40.3 Å². The van der Waals surface area contributed by atoms with Crippen LogP contribution in [0.3, 0.4) is 0 Å². The van der Waals surface area contributed by atoms with Crippen molar-refractivity contribution in [2.24, 2.45) is 11.7 Å². The maximum absolute atomic E-state index is 15.6. The fourth-order valence-corrected chi connectivity index (χ4v) is 5.28. The van der Waals surface area contributed by atoms with Crippen LogP contribution < -0.4 is 11.1 Å². The van der Waals surface area contributed by atoms with Gasteiger partial charge in [-0.25, -0.2) is 14.0 Å². The van der Waals surface area contributed by atoms with Gasteiger partial charge in [0.2, 0.25) is 0 Å². The molecule has 262 valence electrons. The molecule has 0 aromatic carbocycles. The van der Waals surface area contributed by atoms with Crippen LogP contribution in [0, 0.1) is 5.92 Å². The molecule has 0 spiro atoms. The summed E-state index contributed by atoms with van der Waals surface area (Å²) in [5.41, 5.74) is 5.72. The van der Waals surface area contributed by atoms with Gasteiger partial charge >= 0.3 is 32.1 Å². The summed E-state index contributed by atoms with van der Waals surface area (Å²) < 4.78 is 123. The summed E-state index contributed by atoms with van der Waals surface area (Å²) in [6, 6.07) is -1.46. The number of aliphatic hydroxyl groups is 3. The summed E-state index contributed by atoms with van der Waals surface area (Å²) in [5.74, 6) is -2.83. The van der Waals surface area contributed by atoms with Gasteiger partial charge in [0.05, 0.1) is 38.9 Å². The molecule has 0 aromatic rings. The lowest BCUT2D eigenvalue weighted by atomic mass is 10.0. The number of nitrogens with one attached hydrogen (secondary N) is 1. The first-order valence-corrected chi connectivity index (χ1v) is 14.6. The minimum Gasteiger partial charge on any atom is -0.449 e. The molecule has 0 bridgehead atoms. The zero-order valence-corrected chi connectivity index (χ0v) is 24.7. The number of aliphatic hydroxyl groups excluding tert-OH is 3. The Morgan fingerprint density at radius 3 is 2.16 bits per heavy atom. The molecule has 1 fully saturated rings. The maximum Gasteiger partial charge on any atom is 0.409 e. The molecule has 0 aliphatic carbocycles. The number of carbonyl (C=O) groups excluding carboxylic acids is 2. The van der Waals surface area contributed by atoms with E-state index in [1.54, 1.807) is 13.8 Å². The van der Waals surface area contributed by atoms with Crippen molar-refractivity contribution >= 4 is 19.7 Å². The van der Waals surface area contributed by atoms with E-state index in [-0.39, 0.29) is 17.4 Å². The van der Waals surface area contributed by atoms with E-state index in [9.17, 15) is 65.6 Å². The maximum atomic E-state index is 15.6. The van der Waals surface area contributed by atoms with Gasteiger partial charge in [-0.15, -0.1) is 0 Å². The third kappa shape index (κ3) is 8.67. The molecular weight excluding hydrogens is 660 g/mol. The number of alkyl halides is 6. The number of rotatable bonds is 12. The quantitative estimate of drug-likeness (QED) is 0.111. The molecule has 2 heterocycles. The third-order valence-electron chi connectivity index (χ3n) is 6.72. The molecule has 1 saturated heterocycles. The van der Waals surface area contributed by atoms with E-state index in [2.05, 4.69) is 0 Å². The number of halogens is 7. The number of alkyl carbamates (subject to hydrolysis) is 1. The van der Waals surface area contributed by atoms with Crippen LogP contribution in [0.2, 0.25) is 0 Å². The Morgan fingerprint density at radius 1 is 1.13 bits per heavy atom. The van der Waals surface area contributed by atoms with Crippen molar-refractivity contribution < 1.29 is 84.2 Å². The molecule has 3 unspecified atom stereocenters. The number of carbonyl (C=O) groups is 2. The van der Waals surface area contributed by atoms with Gasteiger partial charge in [-0.05, 0) is 12.8 Å². The Bertz CT molecular complexity index is 1160. The minimum atomic E-state index is -6.63. The summed E-state index contributed by atoms with van der Waals surface area (Å²) in [6.07, 6.45) is -27.6. The van der Waals surface area contributed by atoms with E-state index in [0.717, 1.165) is 6.92 Å². The van der Waals surface area contributed by atoms with Crippen LogP contribution in [0.15, 0.2) is 11.6 Å². The second-order valence-corrected chi connectivity index (χ2v) is 12.7. The highest BCUT2D eigenvalue weighted by atomic mass is 31.2. The smallest absolute Gasteiger partial charge is 0.409 e. The first kappa shape index (κ1) is 38.7. The first-order valence-electron chi connectivity index (χ1n) is 13.0. The van der Waals surface area contributed by atoms with Crippen molar-refractivity contribution in [2.45, 2.75) is 81.5 Å². The van der Waals surface area contributed by atoms with Crippen LogP contribution in [-0.2, 0) is 18.8 Å². The standard InChI is InChI=1S/C22H34F7N4O11P/c1-9(2)6-42-18(37)31-16-12(23)15(30)32(19(38)33(16)17-14(36)13(35)11(5-34)44-17)4-10(3)43-8-20(22(27,28)29,45(39,40)41)7-21(24,25)26/h9-11,13-14,16-17,34-36H,4-8,30H2,1-3H3,(H,31,37)(H2,39,40,41)/t10?,11-,13-,14-,16?,17?,20-/m1/s1. The van der Waals surface area contributed by atoms with Crippen molar-refractivity contribution in [3.63, 3.8) is 0 Å². The highest BCUT2D eigenvalue weighted by Gasteiger charge is 2.69. The topological polar surface area (TPSA) is 225 Å². The van der Waals surface area contributed by atoms with Crippen molar-refractivity contribution in [1.82, 2.24) is 15.1 Å². The molecule has 45 heavy (non-hydrogen) atoms. The molecule has 0 aromatic heterocycles. The monoisotopic (exact) mass is 694 g/mol. The summed E-state index contributed by atoms with van der Waals surface area (Å²) in [6.45, 7) is -0.218. The highest BCUT2D eigenvalue weighted by molar-refractivity contribution is 7.53. The van der Waals surface area contributed by atoms with Crippen molar-refractivity contribution in [1.29, 1.82) is 0 Å². The average molecular weight is 694 g/mol. The first-order chi connectivity index (χ1) is 20.4. The van der Waals surface area contributed by atoms with E-state index >= 15 is 4.39 Å². The fraction of sp³-hybridized carbons (Fsp3) is 0.818. The minimum absolute atomic E-state index is 0.176. The molecule has 3 amide bonds. The second-order valence-electron chi connectivity index (χ2n) is 10.8. The predicted molar refractivity (Wildman–Crippen MR) is 134 cm³/mol. The molecule has 23 heteroatoms. The molecule has 15 nitrogen and oxygen atoms in total. The number of urea groups is 1. The van der Waals surface area contributed by atoms with Crippen LogP contribution in [0.25, 0.3) is 0 Å². The molecule has 2 aliphatic heterocycles.